The molecular weight excluding hydrogens is 404 g/mol. The van der Waals surface area contributed by atoms with E-state index in [1.165, 1.54) is 23.8 Å². The SMILES string of the molecule is CN(C)C(=O)/C(C#N)=C/c1cc2c(o1)-c1nc3cnc4[nH]ccc4c3n1[C@H]1CCCC[C@@H]21. The van der Waals surface area contributed by atoms with Crippen molar-refractivity contribution in [2.24, 2.45) is 0 Å². The quantitative estimate of drug-likeness (QED) is 0.378. The van der Waals surface area contributed by atoms with E-state index in [4.69, 9.17) is 9.40 Å². The number of fused-ring (bicyclic) bond motifs is 10. The minimum Gasteiger partial charge on any atom is -0.453 e. The summed E-state index contributed by atoms with van der Waals surface area (Å²) in [7, 11) is 3.26. The Morgan fingerprint density at radius 3 is 3.03 bits per heavy atom. The van der Waals surface area contributed by atoms with Crippen LogP contribution < -0.4 is 0 Å². The molecule has 0 saturated heterocycles. The Labute approximate surface area is 184 Å². The van der Waals surface area contributed by atoms with E-state index in [-0.39, 0.29) is 11.5 Å². The molecule has 5 heterocycles. The van der Waals surface area contributed by atoms with E-state index in [2.05, 4.69) is 20.6 Å². The zero-order valence-corrected chi connectivity index (χ0v) is 17.9. The highest BCUT2D eigenvalue weighted by Gasteiger charge is 2.40. The summed E-state index contributed by atoms with van der Waals surface area (Å²) < 4.78 is 8.60. The van der Waals surface area contributed by atoms with Gasteiger partial charge in [-0.2, -0.15) is 5.26 Å². The fourth-order valence-electron chi connectivity index (χ4n) is 5.33. The zero-order chi connectivity index (χ0) is 22.0. The molecule has 1 aliphatic heterocycles. The van der Waals surface area contributed by atoms with Crippen LogP contribution in [0.4, 0.5) is 0 Å². The molecule has 1 saturated carbocycles. The van der Waals surface area contributed by atoms with Gasteiger partial charge in [0.05, 0.1) is 11.7 Å². The molecular formula is C24H22N6O2. The molecule has 4 aromatic heterocycles. The monoisotopic (exact) mass is 426 g/mol. The first-order chi connectivity index (χ1) is 15.6. The van der Waals surface area contributed by atoms with Crippen molar-refractivity contribution in [2.45, 2.75) is 37.6 Å². The number of likely N-dealkylation sites (N-methyl/N-ethyl adjacent to an activating group) is 1. The van der Waals surface area contributed by atoms with Gasteiger partial charge in [0.1, 0.15) is 28.6 Å². The molecule has 6 rings (SSSR count). The normalized spacial score (nSPS) is 20.0. The summed E-state index contributed by atoms with van der Waals surface area (Å²) in [6.45, 7) is 0. The Bertz CT molecular complexity index is 1460. The summed E-state index contributed by atoms with van der Waals surface area (Å²) >= 11 is 0. The van der Waals surface area contributed by atoms with Crippen LogP contribution in [0.15, 0.2) is 34.5 Å². The second kappa shape index (κ2) is 6.82. The van der Waals surface area contributed by atoms with Crippen LogP contribution in [-0.4, -0.2) is 44.4 Å². The molecule has 0 aromatic carbocycles. The lowest BCUT2D eigenvalue weighted by Crippen LogP contribution is -2.26. The Hall–Kier alpha value is -3.86. The van der Waals surface area contributed by atoms with Crippen LogP contribution in [0, 0.1) is 11.3 Å². The van der Waals surface area contributed by atoms with Crippen LogP contribution in [0.2, 0.25) is 0 Å². The molecule has 2 aliphatic rings. The standard InChI is InChI=1S/C24H22N6O2/c1-29(2)24(31)13(11-25)9-14-10-17-15-5-3-4-6-19(15)30-20-16-7-8-26-22(16)27-12-18(20)28-23(30)21(17)32-14/h7-10,12,15,19H,3-6H2,1-2H3,(H,26,27)/b13-9+/t15-,19-/m0/s1. The molecule has 32 heavy (non-hydrogen) atoms. The van der Waals surface area contributed by atoms with E-state index >= 15 is 0 Å². The molecule has 1 N–H and O–H groups in total. The molecule has 0 unspecified atom stereocenters. The molecule has 0 spiro atoms. The summed E-state index contributed by atoms with van der Waals surface area (Å²) in [5.41, 5.74) is 3.95. The molecule has 4 aromatic rings. The van der Waals surface area contributed by atoms with E-state index in [9.17, 15) is 10.1 Å². The second-order valence-electron chi connectivity index (χ2n) is 8.80. The van der Waals surface area contributed by atoms with Gasteiger partial charge in [0.25, 0.3) is 5.91 Å². The van der Waals surface area contributed by atoms with Crippen LogP contribution in [0.5, 0.6) is 0 Å². The first-order valence-corrected chi connectivity index (χ1v) is 10.9. The van der Waals surface area contributed by atoms with Crippen LogP contribution in [0.25, 0.3) is 39.7 Å². The van der Waals surface area contributed by atoms with Crippen molar-refractivity contribution in [3.05, 3.63) is 41.4 Å². The van der Waals surface area contributed by atoms with Gasteiger partial charge in [-0.3, -0.25) is 4.79 Å². The van der Waals surface area contributed by atoms with Gasteiger partial charge < -0.3 is 18.9 Å². The number of rotatable bonds is 2. The Balaban J connectivity index is 1.59. The highest BCUT2D eigenvalue weighted by atomic mass is 16.3. The van der Waals surface area contributed by atoms with Crippen LogP contribution in [0.3, 0.4) is 0 Å². The van der Waals surface area contributed by atoms with Crippen molar-refractivity contribution in [1.82, 2.24) is 24.4 Å². The highest BCUT2D eigenvalue weighted by molar-refractivity contribution is 6.03. The molecule has 2 atom stereocenters. The first kappa shape index (κ1) is 18.9. The summed E-state index contributed by atoms with van der Waals surface area (Å²) in [6, 6.07) is 6.34. The number of furan rings is 1. The number of aromatic amines is 1. The molecule has 1 aliphatic carbocycles. The van der Waals surface area contributed by atoms with Crippen LogP contribution >= 0.6 is 0 Å². The Morgan fingerprint density at radius 1 is 1.38 bits per heavy atom. The van der Waals surface area contributed by atoms with Gasteiger partial charge in [-0.05, 0) is 25.0 Å². The average molecular weight is 426 g/mol. The number of amides is 1. The lowest BCUT2D eigenvalue weighted by atomic mass is 9.77. The largest absolute Gasteiger partial charge is 0.453 e. The van der Waals surface area contributed by atoms with Crippen molar-refractivity contribution < 1.29 is 9.21 Å². The molecule has 1 fully saturated rings. The second-order valence-corrected chi connectivity index (χ2v) is 8.80. The number of pyridine rings is 1. The van der Waals surface area contributed by atoms with Gasteiger partial charge in [-0.15, -0.1) is 0 Å². The summed E-state index contributed by atoms with van der Waals surface area (Å²) in [6.07, 6.45) is 9.75. The fraction of sp³-hybridized carbons (Fsp3) is 0.333. The third kappa shape index (κ3) is 2.57. The van der Waals surface area contributed by atoms with Crippen molar-refractivity contribution in [2.75, 3.05) is 14.1 Å². The number of imidazole rings is 1. The third-order valence-corrected chi connectivity index (χ3v) is 6.72. The van der Waals surface area contributed by atoms with Crippen molar-refractivity contribution in [1.29, 1.82) is 5.26 Å². The van der Waals surface area contributed by atoms with Gasteiger partial charge in [0, 0.05) is 49.3 Å². The maximum atomic E-state index is 12.3. The number of carbonyl (C=O) groups excluding carboxylic acids is 1. The van der Waals surface area contributed by atoms with Crippen molar-refractivity contribution in [3.8, 4) is 17.7 Å². The average Bonchev–Trinajstić information content (AvgIpc) is 3.52. The van der Waals surface area contributed by atoms with E-state index in [1.807, 2.05) is 24.5 Å². The number of hydrogen-bond donors (Lipinski definition) is 1. The van der Waals surface area contributed by atoms with E-state index in [0.717, 1.165) is 52.1 Å². The number of nitrogens with one attached hydrogen (secondary N) is 1. The summed E-state index contributed by atoms with van der Waals surface area (Å²) in [4.78, 5) is 26.4. The van der Waals surface area contributed by atoms with E-state index in [1.54, 1.807) is 14.1 Å². The summed E-state index contributed by atoms with van der Waals surface area (Å²) in [5, 5.41) is 10.6. The smallest absolute Gasteiger partial charge is 0.264 e. The van der Waals surface area contributed by atoms with Gasteiger partial charge in [-0.1, -0.05) is 12.8 Å². The predicted molar refractivity (Wildman–Crippen MR) is 120 cm³/mol. The maximum absolute atomic E-state index is 12.3. The number of hydrogen-bond acceptors (Lipinski definition) is 5. The topological polar surface area (TPSA) is 104 Å². The van der Waals surface area contributed by atoms with E-state index in [0.29, 0.717) is 17.7 Å². The van der Waals surface area contributed by atoms with E-state index < -0.39 is 0 Å². The maximum Gasteiger partial charge on any atom is 0.264 e. The third-order valence-electron chi connectivity index (χ3n) is 6.72. The zero-order valence-electron chi connectivity index (χ0n) is 17.9. The molecule has 1 amide bonds. The minimum atomic E-state index is -0.342. The molecule has 8 heteroatoms. The van der Waals surface area contributed by atoms with Crippen molar-refractivity contribution >= 4 is 34.1 Å². The summed E-state index contributed by atoms with van der Waals surface area (Å²) in [5.74, 6) is 2.01. The number of aromatic nitrogens is 4. The fourth-order valence-corrected chi connectivity index (χ4v) is 5.33. The molecule has 0 bridgehead atoms. The predicted octanol–water partition coefficient (Wildman–Crippen LogP) is 4.38. The highest BCUT2D eigenvalue weighted by Crippen LogP contribution is 2.52. The molecule has 0 radical (unpaired) electrons. The van der Waals surface area contributed by atoms with Gasteiger partial charge in [-0.25, -0.2) is 9.97 Å². The van der Waals surface area contributed by atoms with Crippen LogP contribution in [0.1, 0.15) is 49.0 Å². The van der Waals surface area contributed by atoms with Gasteiger partial charge in [0.2, 0.25) is 0 Å². The van der Waals surface area contributed by atoms with Crippen LogP contribution in [-0.2, 0) is 4.79 Å². The lowest BCUT2D eigenvalue weighted by molar-refractivity contribution is -0.124. The number of nitriles is 1. The van der Waals surface area contributed by atoms with Gasteiger partial charge in [0.15, 0.2) is 11.6 Å². The Kier molecular flexibility index (Phi) is 4.02. The molecule has 160 valence electrons. The minimum absolute atomic E-state index is 0.0491. The molecule has 8 nitrogen and oxygen atoms in total. The first-order valence-electron chi connectivity index (χ1n) is 10.9. The number of nitrogens with zero attached hydrogens (tertiary/aromatic N) is 5. The Morgan fingerprint density at radius 2 is 2.22 bits per heavy atom. The number of carbonyl (C=O) groups is 1. The van der Waals surface area contributed by atoms with Crippen molar-refractivity contribution in [3.63, 3.8) is 0 Å². The lowest BCUT2D eigenvalue weighted by Gasteiger charge is -2.36. The van der Waals surface area contributed by atoms with Gasteiger partial charge >= 0.3 is 0 Å². The number of H-pyrrole nitrogens is 1.